The number of Topliss-reactive ketones (excluding diaryl/α,β-unsaturated/α-hetero) is 1. The van der Waals surface area contributed by atoms with Crippen molar-refractivity contribution in [2.24, 2.45) is 10.7 Å². The topological polar surface area (TPSA) is 78.9 Å². The predicted molar refractivity (Wildman–Crippen MR) is 94.3 cm³/mol. The van der Waals surface area contributed by atoms with Gasteiger partial charge in [-0.05, 0) is 44.2 Å². The summed E-state index contributed by atoms with van der Waals surface area (Å²) in [6.07, 6.45) is 1.64. The molecule has 0 saturated heterocycles. The van der Waals surface area contributed by atoms with Gasteiger partial charge in [-0.3, -0.25) is 4.79 Å². The second kappa shape index (κ2) is 7.44. The first-order chi connectivity index (χ1) is 11.0. The van der Waals surface area contributed by atoms with Gasteiger partial charge in [-0.1, -0.05) is 11.6 Å². The highest BCUT2D eigenvalue weighted by Gasteiger charge is 2.21. The number of aliphatic imine (C=N–C) groups is 1. The van der Waals surface area contributed by atoms with Crippen molar-refractivity contribution in [1.29, 1.82) is 0 Å². The zero-order valence-electron chi connectivity index (χ0n) is 13.2. The van der Waals surface area contributed by atoms with Crippen LogP contribution in [0.25, 0.3) is 0 Å². The van der Waals surface area contributed by atoms with E-state index in [1.807, 2.05) is 31.2 Å². The molecule has 0 radical (unpaired) electrons. The maximum Gasteiger partial charge on any atom is 0.202 e. The molecule has 0 heterocycles. The van der Waals surface area contributed by atoms with E-state index in [4.69, 9.17) is 22.4 Å². The van der Waals surface area contributed by atoms with E-state index in [0.717, 1.165) is 17.9 Å². The number of anilines is 1. The fourth-order valence-corrected chi connectivity index (χ4v) is 2.56. The van der Waals surface area contributed by atoms with Gasteiger partial charge >= 0.3 is 0 Å². The van der Waals surface area contributed by atoms with Crippen LogP contribution in [0.4, 0.5) is 11.4 Å². The molecule has 1 aliphatic rings. The summed E-state index contributed by atoms with van der Waals surface area (Å²) in [6, 6.07) is 7.60. The van der Waals surface area contributed by atoms with Crippen molar-refractivity contribution in [3.8, 4) is 0 Å². The second-order valence-electron chi connectivity index (χ2n) is 5.20. The van der Waals surface area contributed by atoms with Gasteiger partial charge < -0.3 is 15.7 Å². The fraction of sp³-hybridized carbons (Fsp3) is 0.294. The summed E-state index contributed by atoms with van der Waals surface area (Å²) in [7, 11) is 0. The highest BCUT2D eigenvalue weighted by atomic mass is 35.5. The summed E-state index contributed by atoms with van der Waals surface area (Å²) in [5.74, 6) is -0.263. The Morgan fingerprint density at radius 3 is 2.52 bits per heavy atom. The van der Waals surface area contributed by atoms with Crippen molar-refractivity contribution in [2.45, 2.75) is 13.8 Å². The average molecular weight is 334 g/mol. The van der Waals surface area contributed by atoms with Crippen LogP contribution in [0, 0.1) is 0 Å². The lowest BCUT2D eigenvalue weighted by Gasteiger charge is -2.22. The van der Waals surface area contributed by atoms with Gasteiger partial charge in [0, 0.05) is 24.4 Å². The zero-order chi connectivity index (χ0) is 17.0. The average Bonchev–Trinajstić information content (AvgIpc) is 2.56. The molecule has 0 fully saturated rings. The Hall–Kier alpha value is -2.11. The van der Waals surface area contributed by atoms with Crippen LogP contribution in [-0.2, 0) is 4.79 Å². The standard InChI is InChI=1S/C17H20ClN3O2/c1-3-21(8-9-22)13-6-4-12(5-7-13)20-14-10-11(2)17(23)15(18)16(14)19/h4-7,10,22H,3,8-9,19H2,1-2H3/b20-14+. The molecule has 3 N–H and O–H groups in total. The summed E-state index contributed by atoms with van der Waals surface area (Å²) in [5, 5.41) is 9.09. The van der Waals surface area contributed by atoms with E-state index in [1.54, 1.807) is 13.0 Å². The molecule has 0 saturated carbocycles. The normalized spacial score (nSPS) is 16.8. The minimum Gasteiger partial charge on any atom is -0.396 e. The van der Waals surface area contributed by atoms with Crippen LogP contribution in [-0.4, -0.2) is 36.3 Å². The summed E-state index contributed by atoms with van der Waals surface area (Å²) >= 11 is 5.95. The van der Waals surface area contributed by atoms with Crippen LogP contribution in [0.15, 0.2) is 51.6 Å². The van der Waals surface area contributed by atoms with Gasteiger partial charge in [-0.15, -0.1) is 0 Å². The molecule has 0 bridgehead atoms. The third-order valence-corrected chi connectivity index (χ3v) is 4.01. The first-order valence-electron chi connectivity index (χ1n) is 7.41. The lowest BCUT2D eigenvalue weighted by molar-refractivity contribution is -0.111. The number of hydrogen-bond acceptors (Lipinski definition) is 5. The molecule has 0 aliphatic heterocycles. The maximum absolute atomic E-state index is 11.7. The van der Waals surface area contributed by atoms with Crippen LogP contribution in [0.1, 0.15) is 13.8 Å². The fourth-order valence-electron chi connectivity index (χ4n) is 2.32. The number of carbonyl (C=O) groups is 1. The van der Waals surface area contributed by atoms with E-state index in [0.29, 0.717) is 17.8 Å². The number of ketones is 1. The van der Waals surface area contributed by atoms with Crippen molar-refractivity contribution in [1.82, 2.24) is 0 Å². The summed E-state index contributed by atoms with van der Waals surface area (Å²) in [4.78, 5) is 18.2. The predicted octanol–water partition coefficient (Wildman–Crippen LogP) is 2.52. The minimum atomic E-state index is -0.263. The summed E-state index contributed by atoms with van der Waals surface area (Å²) < 4.78 is 0. The third-order valence-electron chi connectivity index (χ3n) is 3.64. The van der Waals surface area contributed by atoms with Gasteiger partial charge in [0.1, 0.15) is 5.03 Å². The number of nitrogens with zero attached hydrogens (tertiary/aromatic N) is 2. The van der Waals surface area contributed by atoms with E-state index in [9.17, 15) is 4.79 Å². The number of allylic oxidation sites excluding steroid dienone is 3. The molecule has 5 nitrogen and oxygen atoms in total. The Labute approximate surface area is 140 Å². The second-order valence-corrected chi connectivity index (χ2v) is 5.58. The molecule has 23 heavy (non-hydrogen) atoms. The third kappa shape index (κ3) is 3.81. The zero-order valence-corrected chi connectivity index (χ0v) is 14.0. The summed E-state index contributed by atoms with van der Waals surface area (Å²) in [6.45, 7) is 5.22. The van der Waals surface area contributed by atoms with E-state index < -0.39 is 0 Å². The first-order valence-corrected chi connectivity index (χ1v) is 7.79. The van der Waals surface area contributed by atoms with Gasteiger partial charge in [0.05, 0.1) is 23.7 Å². The molecule has 1 aromatic carbocycles. The molecule has 2 rings (SSSR count). The smallest absolute Gasteiger partial charge is 0.202 e. The Balaban J connectivity index is 2.28. The molecule has 6 heteroatoms. The molecule has 0 amide bonds. The van der Waals surface area contributed by atoms with Gasteiger partial charge in [-0.25, -0.2) is 4.99 Å². The lowest BCUT2D eigenvalue weighted by atomic mass is 10.0. The maximum atomic E-state index is 11.7. The van der Waals surface area contributed by atoms with E-state index in [2.05, 4.69) is 9.89 Å². The largest absolute Gasteiger partial charge is 0.396 e. The number of hydrogen-bond donors (Lipinski definition) is 2. The molecule has 0 spiro atoms. The Morgan fingerprint density at radius 1 is 1.30 bits per heavy atom. The van der Waals surface area contributed by atoms with Crippen LogP contribution < -0.4 is 10.6 Å². The molecule has 0 aromatic heterocycles. The monoisotopic (exact) mass is 333 g/mol. The number of carbonyl (C=O) groups excluding carboxylic acids is 1. The van der Waals surface area contributed by atoms with Crippen LogP contribution in [0.3, 0.4) is 0 Å². The molecular weight excluding hydrogens is 314 g/mol. The van der Waals surface area contributed by atoms with Crippen molar-refractivity contribution >= 4 is 34.5 Å². The molecular formula is C17H20ClN3O2. The van der Waals surface area contributed by atoms with Crippen LogP contribution >= 0.6 is 11.6 Å². The van der Waals surface area contributed by atoms with E-state index in [1.165, 1.54) is 0 Å². The highest BCUT2D eigenvalue weighted by molar-refractivity contribution is 6.49. The quantitative estimate of drug-likeness (QED) is 0.811. The number of nitrogens with two attached hydrogens (primary N) is 1. The number of halogens is 1. The van der Waals surface area contributed by atoms with Crippen molar-refractivity contribution in [2.75, 3.05) is 24.6 Å². The first kappa shape index (κ1) is 17.2. The number of rotatable bonds is 5. The number of aliphatic hydroxyl groups is 1. The highest BCUT2D eigenvalue weighted by Crippen LogP contribution is 2.24. The lowest BCUT2D eigenvalue weighted by Crippen LogP contribution is -2.25. The van der Waals surface area contributed by atoms with Crippen molar-refractivity contribution < 1.29 is 9.90 Å². The molecule has 0 atom stereocenters. The number of benzene rings is 1. The van der Waals surface area contributed by atoms with E-state index >= 15 is 0 Å². The van der Waals surface area contributed by atoms with Gasteiger partial charge in [-0.2, -0.15) is 0 Å². The number of aliphatic hydroxyl groups excluding tert-OH is 1. The number of likely N-dealkylation sites (N-methyl/N-ethyl adjacent to an activating group) is 1. The Morgan fingerprint density at radius 2 is 1.96 bits per heavy atom. The molecule has 1 aromatic rings. The Bertz CT molecular complexity index is 690. The van der Waals surface area contributed by atoms with E-state index in [-0.39, 0.29) is 23.1 Å². The van der Waals surface area contributed by atoms with Crippen LogP contribution in [0.5, 0.6) is 0 Å². The molecule has 122 valence electrons. The van der Waals surface area contributed by atoms with Crippen LogP contribution in [0.2, 0.25) is 0 Å². The minimum absolute atomic E-state index is 0.0143. The SMILES string of the molecule is CCN(CCO)c1ccc(/N=C2\C=C(C)C(=O)C(Cl)=C2N)cc1. The molecule has 0 unspecified atom stereocenters. The van der Waals surface area contributed by atoms with Gasteiger partial charge in [0.2, 0.25) is 5.78 Å². The molecule has 1 aliphatic carbocycles. The van der Waals surface area contributed by atoms with Gasteiger partial charge in [0.25, 0.3) is 0 Å². The Kier molecular flexibility index (Phi) is 5.58. The van der Waals surface area contributed by atoms with Crippen molar-refractivity contribution in [3.05, 3.63) is 46.6 Å². The van der Waals surface area contributed by atoms with Gasteiger partial charge in [0.15, 0.2) is 0 Å². The van der Waals surface area contributed by atoms with Crippen molar-refractivity contribution in [3.63, 3.8) is 0 Å². The summed E-state index contributed by atoms with van der Waals surface area (Å²) in [5.41, 5.74) is 8.80.